The average molecular weight is 373 g/mol. The number of ether oxygens (including phenoxy) is 2. The summed E-state index contributed by atoms with van der Waals surface area (Å²) < 4.78 is 10.6. The summed E-state index contributed by atoms with van der Waals surface area (Å²) in [4.78, 5) is 36.1. The fourth-order valence-corrected chi connectivity index (χ4v) is 3.40. The second kappa shape index (κ2) is 5.90. The SMILES string of the molecule is Cc1[nH][nH]c(=O)c1C(c1cc2c(cc1[N+](=O)[O-])OCO2)c1c(C)[nH][nH]c1=O. The highest BCUT2D eigenvalue weighted by Crippen LogP contribution is 2.44. The van der Waals surface area contributed by atoms with Gasteiger partial charge in [0.05, 0.1) is 28.0 Å². The molecule has 1 aliphatic heterocycles. The summed E-state index contributed by atoms with van der Waals surface area (Å²) in [7, 11) is 0. The van der Waals surface area contributed by atoms with Gasteiger partial charge < -0.3 is 19.7 Å². The molecule has 1 aromatic carbocycles. The molecular weight excluding hydrogens is 358 g/mol. The molecule has 0 atom stereocenters. The normalized spacial score (nSPS) is 12.7. The Morgan fingerprint density at radius 2 is 1.48 bits per heavy atom. The number of hydrogen-bond acceptors (Lipinski definition) is 6. The Morgan fingerprint density at radius 1 is 0.963 bits per heavy atom. The predicted molar refractivity (Wildman–Crippen MR) is 92.5 cm³/mol. The third-order valence-corrected chi connectivity index (χ3v) is 4.63. The Balaban J connectivity index is 2.08. The van der Waals surface area contributed by atoms with Crippen molar-refractivity contribution in [3.8, 4) is 11.5 Å². The first-order valence-corrected chi connectivity index (χ1v) is 8.00. The molecule has 0 radical (unpaired) electrons. The van der Waals surface area contributed by atoms with Gasteiger partial charge in [-0.05, 0) is 19.9 Å². The zero-order valence-electron chi connectivity index (χ0n) is 14.3. The molecule has 0 fully saturated rings. The van der Waals surface area contributed by atoms with E-state index in [-0.39, 0.29) is 34.9 Å². The molecule has 0 amide bonds. The standard InChI is InChI=1S/C16H15N5O6/c1-6-12(15(22)19-17-6)14(13-7(2)18-20-16(13)23)8-3-10-11(27-5-26-10)4-9(8)21(24)25/h3-4,14H,5H2,1-2H3,(H2,17,19,22)(H2,18,20,23). The summed E-state index contributed by atoms with van der Waals surface area (Å²) in [6, 6.07) is 2.69. The number of fused-ring (bicyclic) bond motifs is 1. The maximum absolute atomic E-state index is 12.5. The van der Waals surface area contributed by atoms with Crippen LogP contribution >= 0.6 is 0 Å². The van der Waals surface area contributed by atoms with Crippen LogP contribution in [0.25, 0.3) is 0 Å². The second-order valence-electron chi connectivity index (χ2n) is 6.19. The lowest BCUT2D eigenvalue weighted by Crippen LogP contribution is -2.21. The fraction of sp³-hybridized carbons (Fsp3) is 0.250. The van der Waals surface area contributed by atoms with Crippen molar-refractivity contribution in [2.24, 2.45) is 0 Å². The number of hydrogen-bond donors (Lipinski definition) is 4. The van der Waals surface area contributed by atoms with Crippen LogP contribution in [-0.2, 0) is 0 Å². The molecular formula is C16H15N5O6. The zero-order valence-corrected chi connectivity index (χ0v) is 14.3. The predicted octanol–water partition coefficient (Wildman–Crippen LogP) is 1.15. The molecule has 1 aliphatic rings. The Hall–Kier alpha value is -3.76. The van der Waals surface area contributed by atoms with E-state index in [1.54, 1.807) is 13.8 Å². The highest BCUT2D eigenvalue weighted by Gasteiger charge is 2.35. The third-order valence-electron chi connectivity index (χ3n) is 4.63. The highest BCUT2D eigenvalue weighted by molar-refractivity contribution is 5.61. The quantitative estimate of drug-likeness (QED) is 0.396. The first kappa shape index (κ1) is 16.7. The number of nitro benzene ring substituents is 1. The number of rotatable bonds is 4. The maximum Gasteiger partial charge on any atom is 0.277 e. The largest absolute Gasteiger partial charge is 0.454 e. The van der Waals surface area contributed by atoms with E-state index in [1.165, 1.54) is 12.1 Å². The van der Waals surface area contributed by atoms with Crippen molar-refractivity contribution in [3.05, 3.63) is 71.0 Å². The summed E-state index contributed by atoms with van der Waals surface area (Å²) in [5.74, 6) is -0.427. The topological polar surface area (TPSA) is 159 Å². The van der Waals surface area contributed by atoms with E-state index in [1.807, 2.05) is 0 Å². The van der Waals surface area contributed by atoms with Crippen molar-refractivity contribution in [3.63, 3.8) is 0 Å². The molecule has 0 bridgehead atoms. The lowest BCUT2D eigenvalue weighted by Gasteiger charge is -2.16. The first-order chi connectivity index (χ1) is 12.9. The van der Waals surface area contributed by atoms with Crippen molar-refractivity contribution in [1.82, 2.24) is 20.4 Å². The number of benzene rings is 1. The fourth-order valence-electron chi connectivity index (χ4n) is 3.40. The Bertz CT molecular complexity index is 1110. The molecule has 4 N–H and O–H groups in total. The van der Waals surface area contributed by atoms with Crippen LogP contribution in [0.1, 0.15) is 34.0 Å². The number of nitrogens with zero attached hydrogens (tertiary/aromatic N) is 1. The molecule has 0 spiro atoms. The van der Waals surface area contributed by atoms with Crippen molar-refractivity contribution in [2.45, 2.75) is 19.8 Å². The molecule has 3 aromatic rings. The molecule has 140 valence electrons. The van der Waals surface area contributed by atoms with Gasteiger partial charge in [-0.1, -0.05) is 0 Å². The molecule has 11 heteroatoms. The van der Waals surface area contributed by atoms with Gasteiger partial charge in [0.2, 0.25) is 6.79 Å². The zero-order chi connectivity index (χ0) is 19.3. The number of nitro groups is 1. The average Bonchev–Trinajstić information content (AvgIpc) is 3.30. The Morgan fingerprint density at radius 3 is 1.93 bits per heavy atom. The minimum absolute atomic E-state index is 0.0614. The Labute approximate surface area is 150 Å². The van der Waals surface area contributed by atoms with Crippen LogP contribution in [0.4, 0.5) is 5.69 Å². The van der Waals surface area contributed by atoms with Crippen LogP contribution in [-0.4, -0.2) is 32.1 Å². The number of aromatic amines is 4. The number of aryl methyl sites for hydroxylation is 2. The third kappa shape index (κ3) is 2.51. The smallest absolute Gasteiger partial charge is 0.277 e. The lowest BCUT2D eigenvalue weighted by molar-refractivity contribution is -0.385. The molecule has 0 aliphatic carbocycles. The van der Waals surface area contributed by atoms with Crippen molar-refractivity contribution < 1.29 is 14.4 Å². The molecule has 3 heterocycles. The van der Waals surface area contributed by atoms with Gasteiger partial charge in [0.15, 0.2) is 11.5 Å². The van der Waals surface area contributed by atoms with Crippen LogP contribution in [0.15, 0.2) is 21.7 Å². The van der Waals surface area contributed by atoms with Crippen molar-refractivity contribution in [1.29, 1.82) is 0 Å². The van der Waals surface area contributed by atoms with Gasteiger partial charge in [-0.2, -0.15) is 0 Å². The van der Waals surface area contributed by atoms with Gasteiger partial charge in [0.1, 0.15) is 0 Å². The van der Waals surface area contributed by atoms with Crippen LogP contribution < -0.4 is 20.6 Å². The summed E-state index contributed by atoms with van der Waals surface area (Å²) in [6.45, 7) is 3.23. The van der Waals surface area contributed by atoms with Gasteiger partial charge in [0.25, 0.3) is 16.8 Å². The van der Waals surface area contributed by atoms with Crippen LogP contribution in [0.5, 0.6) is 11.5 Å². The van der Waals surface area contributed by atoms with E-state index in [4.69, 9.17) is 9.47 Å². The molecule has 27 heavy (non-hydrogen) atoms. The highest BCUT2D eigenvalue weighted by atomic mass is 16.7. The van der Waals surface area contributed by atoms with Gasteiger partial charge >= 0.3 is 0 Å². The van der Waals surface area contributed by atoms with E-state index in [0.29, 0.717) is 17.1 Å². The Kier molecular flexibility index (Phi) is 3.65. The van der Waals surface area contributed by atoms with E-state index < -0.39 is 22.0 Å². The van der Waals surface area contributed by atoms with E-state index in [0.717, 1.165) is 0 Å². The van der Waals surface area contributed by atoms with E-state index in [2.05, 4.69) is 20.4 Å². The summed E-state index contributed by atoms with van der Waals surface area (Å²) in [5, 5.41) is 22.1. The summed E-state index contributed by atoms with van der Waals surface area (Å²) >= 11 is 0. The molecule has 4 rings (SSSR count). The monoisotopic (exact) mass is 373 g/mol. The molecule has 0 saturated heterocycles. The lowest BCUT2D eigenvalue weighted by atomic mass is 9.84. The maximum atomic E-state index is 12.5. The molecule has 0 unspecified atom stereocenters. The number of nitrogens with one attached hydrogen (secondary N) is 4. The molecule has 11 nitrogen and oxygen atoms in total. The number of aromatic nitrogens is 4. The van der Waals surface area contributed by atoms with Gasteiger partial charge in [0, 0.05) is 17.0 Å². The van der Waals surface area contributed by atoms with Crippen molar-refractivity contribution in [2.75, 3.05) is 6.79 Å². The number of H-pyrrole nitrogens is 4. The van der Waals surface area contributed by atoms with Crippen LogP contribution in [0.2, 0.25) is 0 Å². The van der Waals surface area contributed by atoms with Crippen molar-refractivity contribution >= 4 is 5.69 Å². The van der Waals surface area contributed by atoms with Gasteiger partial charge in [-0.25, -0.2) is 0 Å². The van der Waals surface area contributed by atoms with Crippen LogP contribution in [0, 0.1) is 24.0 Å². The molecule has 0 saturated carbocycles. The van der Waals surface area contributed by atoms with Crippen LogP contribution in [0.3, 0.4) is 0 Å². The first-order valence-electron chi connectivity index (χ1n) is 8.00. The second-order valence-corrected chi connectivity index (χ2v) is 6.19. The minimum atomic E-state index is -0.982. The van der Waals surface area contributed by atoms with Gasteiger partial charge in [-0.15, -0.1) is 0 Å². The van der Waals surface area contributed by atoms with E-state index in [9.17, 15) is 19.7 Å². The van der Waals surface area contributed by atoms with E-state index >= 15 is 0 Å². The van der Waals surface area contributed by atoms with Gasteiger partial charge in [-0.3, -0.25) is 29.9 Å². The summed E-state index contributed by atoms with van der Waals surface area (Å²) in [5.41, 5.74) is 0.313. The molecule has 2 aromatic heterocycles. The summed E-state index contributed by atoms with van der Waals surface area (Å²) in [6.07, 6.45) is 0. The minimum Gasteiger partial charge on any atom is -0.454 e.